The van der Waals surface area contributed by atoms with Crippen molar-refractivity contribution in [2.75, 3.05) is 11.9 Å². The van der Waals surface area contributed by atoms with Crippen molar-refractivity contribution in [3.05, 3.63) is 29.3 Å². The molecule has 5 nitrogen and oxygen atoms in total. The van der Waals surface area contributed by atoms with Crippen LogP contribution in [-0.4, -0.2) is 18.4 Å². The van der Waals surface area contributed by atoms with Crippen LogP contribution in [0, 0.1) is 5.41 Å². The van der Waals surface area contributed by atoms with E-state index in [0.29, 0.717) is 19.5 Å². The van der Waals surface area contributed by atoms with Crippen LogP contribution >= 0.6 is 0 Å². The number of carbonyl (C=O) groups is 2. The van der Waals surface area contributed by atoms with E-state index in [1.54, 1.807) is 0 Å². The Labute approximate surface area is 112 Å². The van der Waals surface area contributed by atoms with Gasteiger partial charge in [0.15, 0.2) is 0 Å². The molecule has 1 aliphatic heterocycles. The lowest BCUT2D eigenvalue weighted by Crippen LogP contribution is -2.41. The second-order valence-corrected chi connectivity index (χ2v) is 5.49. The number of anilines is 1. The summed E-state index contributed by atoms with van der Waals surface area (Å²) in [6.45, 7) is 4.38. The van der Waals surface area contributed by atoms with E-state index in [9.17, 15) is 9.59 Å². The van der Waals surface area contributed by atoms with E-state index < -0.39 is 5.41 Å². The Kier molecular flexibility index (Phi) is 3.57. The summed E-state index contributed by atoms with van der Waals surface area (Å²) in [6, 6.07) is 5.72. The minimum Gasteiger partial charge on any atom is -0.352 e. The van der Waals surface area contributed by atoms with Crippen molar-refractivity contribution < 1.29 is 9.59 Å². The summed E-state index contributed by atoms with van der Waals surface area (Å²) in [5, 5.41) is 5.65. The second-order valence-electron chi connectivity index (χ2n) is 5.49. The number of nitrogens with one attached hydrogen (secondary N) is 2. The first-order chi connectivity index (χ1) is 8.92. The fraction of sp³-hybridized carbons (Fsp3) is 0.429. The molecular weight excluding hydrogens is 242 g/mol. The molecule has 0 spiro atoms. The summed E-state index contributed by atoms with van der Waals surface area (Å²) in [5.74, 6) is -0.0508. The highest BCUT2D eigenvalue weighted by atomic mass is 16.2. The maximum Gasteiger partial charge on any atom is 0.228 e. The molecule has 0 aliphatic carbocycles. The van der Waals surface area contributed by atoms with Crippen LogP contribution in [0.25, 0.3) is 0 Å². The third-order valence-corrected chi connectivity index (χ3v) is 3.37. The zero-order valence-electron chi connectivity index (χ0n) is 11.2. The molecule has 2 amide bonds. The van der Waals surface area contributed by atoms with E-state index in [0.717, 1.165) is 16.8 Å². The average Bonchev–Trinajstić information content (AvgIpc) is 2.74. The maximum absolute atomic E-state index is 11.9. The molecule has 2 rings (SSSR count). The van der Waals surface area contributed by atoms with Crippen LogP contribution in [-0.2, 0) is 22.6 Å². The summed E-state index contributed by atoms with van der Waals surface area (Å²) < 4.78 is 0. The molecule has 1 aromatic carbocycles. The highest BCUT2D eigenvalue weighted by Crippen LogP contribution is 2.23. The Hall–Kier alpha value is -1.88. The minimum absolute atomic E-state index is 0.0143. The Balaban J connectivity index is 2.00. The van der Waals surface area contributed by atoms with Gasteiger partial charge in [-0.15, -0.1) is 0 Å². The molecule has 1 aliphatic rings. The number of carbonyl (C=O) groups excluding carboxylic acids is 2. The van der Waals surface area contributed by atoms with Gasteiger partial charge in [0.05, 0.1) is 11.8 Å². The number of hydrogen-bond acceptors (Lipinski definition) is 3. The van der Waals surface area contributed by atoms with E-state index in [-0.39, 0.29) is 11.8 Å². The minimum atomic E-state index is -0.561. The fourth-order valence-electron chi connectivity index (χ4n) is 1.91. The topological polar surface area (TPSA) is 84.2 Å². The lowest BCUT2D eigenvalue weighted by atomic mass is 9.92. The molecular formula is C14H19N3O2. The van der Waals surface area contributed by atoms with Crippen LogP contribution in [0.3, 0.4) is 0 Å². The van der Waals surface area contributed by atoms with Crippen LogP contribution in [0.15, 0.2) is 18.2 Å². The van der Waals surface area contributed by atoms with Crippen LogP contribution in [0.2, 0.25) is 0 Å². The van der Waals surface area contributed by atoms with E-state index >= 15 is 0 Å². The smallest absolute Gasteiger partial charge is 0.228 e. The molecule has 19 heavy (non-hydrogen) atoms. The van der Waals surface area contributed by atoms with Crippen molar-refractivity contribution in [1.82, 2.24) is 5.32 Å². The van der Waals surface area contributed by atoms with Crippen LogP contribution in [0.1, 0.15) is 25.0 Å². The van der Waals surface area contributed by atoms with Crippen molar-refractivity contribution in [3.8, 4) is 0 Å². The number of amides is 2. The van der Waals surface area contributed by atoms with Gasteiger partial charge in [-0.05, 0) is 31.0 Å². The van der Waals surface area contributed by atoms with Gasteiger partial charge < -0.3 is 16.4 Å². The summed E-state index contributed by atoms with van der Waals surface area (Å²) in [6.07, 6.45) is 0.408. The van der Waals surface area contributed by atoms with Crippen LogP contribution < -0.4 is 16.4 Å². The Bertz CT molecular complexity index is 523. The number of benzene rings is 1. The zero-order chi connectivity index (χ0) is 14.0. The molecule has 0 bridgehead atoms. The third-order valence-electron chi connectivity index (χ3n) is 3.37. The number of hydrogen-bond donors (Lipinski definition) is 3. The fourth-order valence-corrected chi connectivity index (χ4v) is 1.91. The molecule has 0 atom stereocenters. The second kappa shape index (κ2) is 5.01. The summed E-state index contributed by atoms with van der Waals surface area (Å²) in [7, 11) is 0. The van der Waals surface area contributed by atoms with Gasteiger partial charge in [0, 0.05) is 18.8 Å². The lowest BCUT2D eigenvalue weighted by molar-refractivity contribution is -0.129. The Morgan fingerprint density at radius 1 is 1.47 bits per heavy atom. The maximum atomic E-state index is 11.9. The van der Waals surface area contributed by atoms with Crippen molar-refractivity contribution in [1.29, 1.82) is 0 Å². The molecule has 102 valence electrons. The van der Waals surface area contributed by atoms with Gasteiger partial charge in [-0.2, -0.15) is 0 Å². The predicted octanol–water partition coefficient (Wildman–Crippen LogP) is 0.782. The van der Waals surface area contributed by atoms with Crippen LogP contribution in [0.5, 0.6) is 0 Å². The molecule has 1 aromatic rings. The van der Waals surface area contributed by atoms with Crippen molar-refractivity contribution in [3.63, 3.8) is 0 Å². The van der Waals surface area contributed by atoms with Gasteiger partial charge in [0.1, 0.15) is 0 Å². The highest BCUT2D eigenvalue weighted by molar-refractivity contribution is 5.99. The number of rotatable bonds is 4. The van der Waals surface area contributed by atoms with Crippen molar-refractivity contribution >= 4 is 17.5 Å². The Morgan fingerprint density at radius 2 is 2.21 bits per heavy atom. The van der Waals surface area contributed by atoms with Gasteiger partial charge >= 0.3 is 0 Å². The number of nitrogens with two attached hydrogens (primary N) is 1. The Morgan fingerprint density at radius 3 is 2.89 bits per heavy atom. The van der Waals surface area contributed by atoms with Crippen molar-refractivity contribution in [2.45, 2.75) is 26.8 Å². The molecule has 0 fully saturated rings. The molecule has 0 unspecified atom stereocenters. The van der Waals surface area contributed by atoms with Crippen molar-refractivity contribution in [2.24, 2.45) is 11.1 Å². The molecule has 4 N–H and O–H groups in total. The normalized spacial score (nSPS) is 13.9. The SMILES string of the molecule is CC(C)(CN)C(=O)NCc1ccc2c(c1)CC(=O)N2. The average molecular weight is 261 g/mol. The van der Waals surface area contributed by atoms with E-state index in [4.69, 9.17) is 5.73 Å². The number of fused-ring (bicyclic) bond motifs is 1. The van der Waals surface area contributed by atoms with E-state index in [1.807, 2.05) is 32.0 Å². The van der Waals surface area contributed by atoms with Gasteiger partial charge in [0.2, 0.25) is 11.8 Å². The van der Waals surface area contributed by atoms with E-state index in [2.05, 4.69) is 10.6 Å². The first-order valence-electron chi connectivity index (χ1n) is 6.32. The molecule has 1 heterocycles. The van der Waals surface area contributed by atoms with E-state index in [1.165, 1.54) is 0 Å². The van der Waals surface area contributed by atoms with Crippen LogP contribution in [0.4, 0.5) is 5.69 Å². The first kappa shape index (κ1) is 13.5. The van der Waals surface area contributed by atoms with Gasteiger partial charge in [-0.3, -0.25) is 9.59 Å². The zero-order valence-corrected chi connectivity index (χ0v) is 11.2. The highest BCUT2D eigenvalue weighted by Gasteiger charge is 2.25. The lowest BCUT2D eigenvalue weighted by Gasteiger charge is -2.21. The van der Waals surface area contributed by atoms with Gasteiger partial charge in [0.25, 0.3) is 0 Å². The standard InChI is InChI=1S/C14H19N3O2/c1-14(2,8-15)13(19)16-7-9-3-4-11-10(5-9)6-12(18)17-11/h3-5H,6-8,15H2,1-2H3,(H,16,19)(H,17,18). The molecule has 0 saturated carbocycles. The quantitative estimate of drug-likeness (QED) is 0.749. The monoisotopic (exact) mass is 261 g/mol. The summed E-state index contributed by atoms with van der Waals surface area (Å²) >= 11 is 0. The third kappa shape index (κ3) is 2.93. The van der Waals surface area contributed by atoms with Gasteiger partial charge in [-0.25, -0.2) is 0 Å². The largest absolute Gasteiger partial charge is 0.352 e. The summed E-state index contributed by atoms with van der Waals surface area (Å²) in [4.78, 5) is 23.2. The molecule has 5 heteroatoms. The molecule has 0 radical (unpaired) electrons. The first-order valence-corrected chi connectivity index (χ1v) is 6.32. The molecule has 0 saturated heterocycles. The summed E-state index contributed by atoms with van der Waals surface area (Å²) in [5.41, 5.74) is 7.82. The predicted molar refractivity (Wildman–Crippen MR) is 73.5 cm³/mol. The molecule has 0 aromatic heterocycles. The van der Waals surface area contributed by atoms with Gasteiger partial charge in [-0.1, -0.05) is 12.1 Å².